The molecule has 2 unspecified atom stereocenters. The van der Waals surface area contributed by atoms with Gasteiger partial charge in [-0.25, -0.2) is 4.39 Å². The molecule has 0 fully saturated rings. The summed E-state index contributed by atoms with van der Waals surface area (Å²) in [5.41, 5.74) is 5.12. The van der Waals surface area contributed by atoms with Crippen LogP contribution in [0.3, 0.4) is 0 Å². The molecule has 2 aromatic carbocycles. The molecule has 0 radical (unpaired) electrons. The molecular weight excluding hydrogens is 283 g/mol. The Morgan fingerprint density at radius 2 is 1.39 bits per heavy atom. The van der Waals surface area contributed by atoms with Crippen molar-refractivity contribution in [3.05, 3.63) is 59.7 Å². The second-order valence-electron chi connectivity index (χ2n) is 6.69. The van der Waals surface area contributed by atoms with E-state index in [1.165, 1.54) is 47.9 Å². The summed E-state index contributed by atoms with van der Waals surface area (Å²) in [5.74, 6) is 0.269. The largest absolute Gasteiger partial charge is 0.248 e. The lowest BCUT2D eigenvalue weighted by Gasteiger charge is -2.13. The van der Waals surface area contributed by atoms with Crippen LogP contribution < -0.4 is 0 Å². The maximum absolute atomic E-state index is 13.1. The first kappa shape index (κ1) is 17.7. The van der Waals surface area contributed by atoms with Crippen molar-refractivity contribution in [3.8, 4) is 11.1 Å². The Morgan fingerprint density at radius 3 is 1.91 bits per heavy atom. The molecule has 0 nitrogen and oxygen atoms in total. The molecular formula is C22H29F. The predicted molar refractivity (Wildman–Crippen MR) is 98.7 cm³/mol. The highest BCUT2D eigenvalue weighted by Gasteiger charge is 2.10. The van der Waals surface area contributed by atoms with Gasteiger partial charge in [0.2, 0.25) is 0 Å². The Bertz CT molecular complexity index is 566. The van der Waals surface area contributed by atoms with E-state index in [1.54, 1.807) is 6.92 Å². The minimum absolute atomic E-state index is 0.269. The maximum Gasteiger partial charge on any atom is 0.0979 e. The zero-order valence-corrected chi connectivity index (χ0v) is 14.7. The summed E-state index contributed by atoms with van der Waals surface area (Å²) < 4.78 is 13.1. The molecule has 0 bridgehead atoms. The molecule has 0 aromatic heterocycles. The van der Waals surface area contributed by atoms with Gasteiger partial charge in [0.1, 0.15) is 0 Å². The fourth-order valence-corrected chi connectivity index (χ4v) is 3.07. The molecule has 2 rings (SSSR count). The Balaban J connectivity index is 2.01. The zero-order chi connectivity index (χ0) is 16.7. The summed E-state index contributed by atoms with van der Waals surface area (Å²) in [5, 5.41) is 0. The summed E-state index contributed by atoms with van der Waals surface area (Å²) in [7, 11) is 0. The van der Waals surface area contributed by atoms with Gasteiger partial charge in [-0.15, -0.1) is 0 Å². The average molecular weight is 312 g/mol. The molecule has 0 N–H and O–H groups in total. The number of aryl methyl sites for hydroxylation is 1. The maximum atomic E-state index is 13.1. The molecule has 23 heavy (non-hydrogen) atoms. The van der Waals surface area contributed by atoms with Gasteiger partial charge in [-0.05, 0) is 54.4 Å². The van der Waals surface area contributed by atoms with Gasteiger partial charge >= 0.3 is 0 Å². The fraction of sp³-hybridized carbons (Fsp3) is 0.455. The first-order valence-corrected chi connectivity index (χ1v) is 8.93. The highest BCUT2D eigenvalue weighted by atomic mass is 19.1. The monoisotopic (exact) mass is 312 g/mol. The van der Waals surface area contributed by atoms with Crippen LogP contribution >= 0.6 is 0 Å². The number of benzene rings is 2. The molecule has 124 valence electrons. The van der Waals surface area contributed by atoms with E-state index >= 15 is 0 Å². The molecule has 0 heterocycles. The lowest BCUT2D eigenvalue weighted by atomic mass is 9.93. The Morgan fingerprint density at radius 1 is 0.826 bits per heavy atom. The number of rotatable bonds is 8. The third-order valence-corrected chi connectivity index (χ3v) is 4.51. The van der Waals surface area contributed by atoms with Crippen LogP contribution in [-0.2, 0) is 6.42 Å². The van der Waals surface area contributed by atoms with E-state index in [2.05, 4.69) is 62.4 Å². The normalized spacial score (nSPS) is 13.7. The summed E-state index contributed by atoms with van der Waals surface area (Å²) in [4.78, 5) is 0. The predicted octanol–water partition coefficient (Wildman–Crippen LogP) is 6.94. The quantitative estimate of drug-likeness (QED) is 0.463. The second-order valence-corrected chi connectivity index (χ2v) is 6.69. The second kappa shape index (κ2) is 8.86. The standard InChI is InChI=1S/C22H29F/c1-4-5-6-7-19-8-10-21(11-9-19)22-14-12-20(13-15-22)17(2)16-18(3)23/h8-15,17-18H,4-7,16H2,1-3H3. The summed E-state index contributed by atoms with van der Waals surface area (Å²) in [6.07, 6.45) is 4.86. The first-order chi connectivity index (χ1) is 11.1. The topological polar surface area (TPSA) is 0 Å². The Kier molecular flexibility index (Phi) is 6.83. The van der Waals surface area contributed by atoms with Gasteiger partial charge in [-0.2, -0.15) is 0 Å². The Hall–Kier alpha value is -1.63. The molecule has 0 aliphatic rings. The van der Waals surface area contributed by atoms with Crippen molar-refractivity contribution in [1.29, 1.82) is 0 Å². The summed E-state index contributed by atoms with van der Waals surface area (Å²) in [6, 6.07) is 17.5. The van der Waals surface area contributed by atoms with Crippen molar-refractivity contribution in [3.63, 3.8) is 0 Å². The van der Waals surface area contributed by atoms with Gasteiger partial charge in [0.15, 0.2) is 0 Å². The fourth-order valence-electron chi connectivity index (χ4n) is 3.07. The van der Waals surface area contributed by atoms with E-state index in [4.69, 9.17) is 0 Å². The third-order valence-electron chi connectivity index (χ3n) is 4.51. The van der Waals surface area contributed by atoms with Crippen LogP contribution in [0.2, 0.25) is 0 Å². The highest BCUT2D eigenvalue weighted by molar-refractivity contribution is 5.64. The van der Waals surface area contributed by atoms with Gasteiger partial charge in [0.05, 0.1) is 6.17 Å². The van der Waals surface area contributed by atoms with Gasteiger partial charge in [-0.3, -0.25) is 0 Å². The van der Waals surface area contributed by atoms with Crippen LogP contribution in [0, 0.1) is 0 Å². The van der Waals surface area contributed by atoms with Crippen LogP contribution in [-0.4, -0.2) is 6.17 Å². The van der Waals surface area contributed by atoms with Gasteiger partial charge in [-0.1, -0.05) is 75.2 Å². The SMILES string of the molecule is CCCCCc1ccc(-c2ccc(C(C)CC(C)F)cc2)cc1. The van der Waals surface area contributed by atoms with E-state index in [0.29, 0.717) is 6.42 Å². The number of halogens is 1. The summed E-state index contributed by atoms with van der Waals surface area (Å²) in [6.45, 7) is 5.96. The highest BCUT2D eigenvalue weighted by Crippen LogP contribution is 2.26. The number of unbranched alkanes of at least 4 members (excludes halogenated alkanes) is 2. The van der Waals surface area contributed by atoms with Crippen molar-refractivity contribution in [2.75, 3.05) is 0 Å². The van der Waals surface area contributed by atoms with Crippen LogP contribution in [0.4, 0.5) is 4.39 Å². The van der Waals surface area contributed by atoms with Crippen molar-refractivity contribution in [1.82, 2.24) is 0 Å². The minimum Gasteiger partial charge on any atom is -0.248 e. The molecule has 0 amide bonds. The molecule has 0 spiro atoms. The number of hydrogen-bond donors (Lipinski definition) is 0. The molecule has 0 saturated heterocycles. The van der Waals surface area contributed by atoms with Gasteiger partial charge < -0.3 is 0 Å². The lowest BCUT2D eigenvalue weighted by molar-refractivity contribution is 0.324. The van der Waals surface area contributed by atoms with E-state index in [9.17, 15) is 4.39 Å². The molecule has 0 saturated carbocycles. The summed E-state index contributed by atoms with van der Waals surface area (Å²) >= 11 is 0. The minimum atomic E-state index is -0.745. The molecule has 2 aromatic rings. The van der Waals surface area contributed by atoms with Crippen LogP contribution in [0.1, 0.15) is 63.5 Å². The third kappa shape index (κ3) is 5.49. The van der Waals surface area contributed by atoms with E-state index < -0.39 is 6.17 Å². The molecule has 0 aliphatic heterocycles. The van der Waals surface area contributed by atoms with Gasteiger partial charge in [0.25, 0.3) is 0 Å². The van der Waals surface area contributed by atoms with E-state index in [1.807, 2.05) is 0 Å². The van der Waals surface area contributed by atoms with Crippen molar-refractivity contribution in [2.45, 2.75) is 65.0 Å². The molecule has 2 atom stereocenters. The van der Waals surface area contributed by atoms with Crippen molar-refractivity contribution < 1.29 is 4.39 Å². The molecule has 1 heteroatoms. The lowest BCUT2D eigenvalue weighted by Crippen LogP contribution is -2.01. The number of alkyl halides is 1. The van der Waals surface area contributed by atoms with Crippen molar-refractivity contribution >= 4 is 0 Å². The van der Waals surface area contributed by atoms with Crippen LogP contribution in [0.5, 0.6) is 0 Å². The molecule has 0 aliphatic carbocycles. The smallest absolute Gasteiger partial charge is 0.0979 e. The van der Waals surface area contributed by atoms with Crippen LogP contribution in [0.15, 0.2) is 48.5 Å². The Labute approximate surface area is 140 Å². The van der Waals surface area contributed by atoms with E-state index in [-0.39, 0.29) is 5.92 Å². The van der Waals surface area contributed by atoms with Crippen LogP contribution in [0.25, 0.3) is 11.1 Å². The van der Waals surface area contributed by atoms with Gasteiger partial charge in [0, 0.05) is 0 Å². The van der Waals surface area contributed by atoms with Crippen molar-refractivity contribution in [2.24, 2.45) is 0 Å². The number of hydrogen-bond acceptors (Lipinski definition) is 0. The first-order valence-electron chi connectivity index (χ1n) is 8.93. The average Bonchev–Trinajstić information content (AvgIpc) is 2.55. The van der Waals surface area contributed by atoms with E-state index in [0.717, 1.165) is 0 Å². The zero-order valence-electron chi connectivity index (χ0n) is 14.7.